The van der Waals surface area contributed by atoms with Gasteiger partial charge in [-0.1, -0.05) is 32.1 Å². The Morgan fingerprint density at radius 3 is 2.05 bits per heavy atom. The summed E-state index contributed by atoms with van der Waals surface area (Å²) in [5.74, 6) is 0. The van der Waals surface area contributed by atoms with Gasteiger partial charge in [-0.25, -0.2) is 0 Å². The van der Waals surface area contributed by atoms with E-state index in [1.165, 1.54) is 38.5 Å². The van der Waals surface area contributed by atoms with Gasteiger partial charge in [-0.15, -0.1) is 0 Å². The van der Waals surface area contributed by atoms with Crippen LogP contribution in [-0.4, -0.2) is 51.7 Å². The third-order valence-corrected chi connectivity index (χ3v) is 3.09. The Labute approximate surface area is 118 Å². The molecule has 0 atom stereocenters. The topological polar surface area (TPSA) is 50.7 Å². The normalized spacial score (nSPS) is 11.1. The van der Waals surface area contributed by atoms with Crippen LogP contribution < -0.4 is 5.32 Å². The minimum Gasteiger partial charge on any atom is -0.396 e. The van der Waals surface area contributed by atoms with Gasteiger partial charge in [0.2, 0.25) is 0 Å². The summed E-state index contributed by atoms with van der Waals surface area (Å²) >= 11 is 0. The Hall–Kier alpha value is -0.160. The van der Waals surface area contributed by atoms with E-state index in [0.717, 1.165) is 32.5 Å². The summed E-state index contributed by atoms with van der Waals surface area (Å²) in [5.41, 5.74) is 0. The molecule has 19 heavy (non-hydrogen) atoms. The Balaban J connectivity index is 2.88. The Morgan fingerprint density at radius 1 is 0.737 bits per heavy atom. The van der Waals surface area contributed by atoms with Gasteiger partial charge in [0, 0.05) is 20.3 Å². The lowest BCUT2D eigenvalue weighted by Crippen LogP contribution is -2.18. The van der Waals surface area contributed by atoms with Crippen molar-refractivity contribution < 1.29 is 14.6 Å². The highest BCUT2D eigenvalue weighted by atomic mass is 16.5. The van der Waals surface area contributed by atoms with Crippen molar-refractivity contribution in [1.82, 2.24) is 5.32 Å². The van der Waals surface area contributed by atoms with Crippen molar-refractivity contribution in [2.45, 2.75) is 51.4 Å². The van der Waals surface area contributed by atoms with Crippen molar-refractivity contribution in [3.05, 3.63) is 0 Å². The van der Waals surface area contributed by atoms with Gasteiger partial charge in [0.15, 0.2) is 0 Å². The highest BCUT2D eigenvalue weighted by Crippen LogP contribution is 2.06. The number of ether oxygens (including phenoxy) is 2. The molecule has 0 spiro atoms. The molecule has 0 saturated heterocycles. The van der Waals surface area contributed by atoms with Gasteiger partial charge < -0.3 is 19.9 Å². The number of methoxy groups -OCH3 is 1. The highest BCUT2D eigenvalue weighted by Gasteiger charge is 1.93. The molecular weight excluding hydrogens is 242 g/mol. The molecule has 0 heterocycles. The summed E-state index contributed by atoms with van der Waals surface area (Å²) in [5, 5.41) is 12.1. The van der Waals surface area contributed by atoms with Crippen molar-refractivity contribution in [2.75, 3.05) is 46.6 Å². The van der Waals surface area contributed by atoms with Crippen LogP contribution in [0, 0.1) is 0 Å². The number of hydrogen-bond acceptors (Lipinski definition) is 4. The maximum Gasteiger partial charge on any atom is 0.0700 e. The second kappa shape index (κ2) is 17.8. The molecule has 0 aromatic carbocycles. The molecule has 4 heteroatoms. The van der Waals surface area contributed by atoms with Gasteiger partial charge in [-0.05, 0) is 32.4 Å². The van der Waals surface area contributed by atoms with Crippen molar-refractivity contribution >= 4 is 0 Å². The molecule has 0 fully saturated rings. The predicted molar refractivity (Wildman–Crippen MR) is 79.6 cm³/mol. The lowest BCUT2D eigenvalue weighted by atomic mass is 10.1. The van der Waals surface area contributed by atoms with Gasteiger partial charge >= 0.3 is 0 Å². The first-order valence-corrected chi connectivity index (χ1v) is 7.80. The standard InChI is InChI=1S/C15H33NO3/c1-18-14-15-19-13-9-11-16-10-7-5-3-2-4-6-8-12-17/h16-17H,2-15H2,1H3. The Morgan fingerprint density at radius 2 is 1.37 bits per heavy atom. The SMILES string of the molecule is COCCOCCCNCCCCCCCCCO. The van der Waals surface area contributed by atoms with Crippen molar-refractivity contribution in [3.8, 4) is 0 Å². The predicted octanol–water partition coefficient (Wildman–Crippen LogP) is 2.35. The summed E-state index contributed by atoms with van der Waals surface area (Å²) in [4.78, 5) is 0. The van der Waals surface area contributed by atoms with Crippen LogP contribution in [-0.2, 0) is 9.47 Å². The quantitative estimate of drug-likeness (QED) is 0.425. The van der Waals surface area contributed by atoms with E-state index >= 15 is 0 Å². The molecule has 116 valence electrons. The van der Waals surface area contributed by atoms with Crippen LogP contribution in [0.15, 0.2) is 0 Å². The minimum absolute atomic E-state index is 0.346. The molecular formula is C15H33NO3. The summed E-state index contributed by atoms with van der Waals surface area (Å²) in [6.07, 6.45) is 9.71. The largest absolute Gasteiger partial charge is 0.396 e. The molecule has 0 unspecified atom stereocenters. The van der Waals surface area contributed by atoms with E-state index in [1.807, 2.05) is 0 Å². The number of aliphatic hydroxyl groups is 1. The van der Waals surface area contributed by atoms with Crippen LogP contribution >= 0.6 is 0 Å². The number of hydrogen-bond donors (Lipinski definition) is 2. The first kappa shape index (κ1) is 18.8. The first-order valence-electron chi connectivity index (χ1n) is 7.80. The maximum atomic E-state index is 8.65. The van der Waals surface area contributed by atoms with E-state index in [1.54, 1.807) is 7.11 Å². The fourth-order valence-electron chi connectivity index (χ4n) is 1.91. The summed E-state index contributed by atoms with van der Waals surface area (Å²) < 4.78 is 10.3. The Kier molecular flexibility index (Phi) is 17.7. The van der Waals surface area contributed by atoms with Gasteiger partial charge in [0.25, 0.3) is 0 Å². The third-order valence-electron chi connectivity index (χ3n) is 3.09. The maximum absolute atomic E-state index is 8.65. The first-order chi connectivity index (χ1) is 9.41. The summed E-state index contributed by atoms with van der Waals surface area (Å²) in [6, 6.07) is 0. The lowest BCUT2D eigenvalue weighted by Gasteiger charge is -2.06. The zero-order valence-electron chi connectivity index (χ0n) is 12.7. The number of aliphatic hydroxyl groups excluding tert-OH is 1. The molecule has 0 saturated carbocycles. The average Bonchev–Trinajstić information content (AvgIpc) is 2.43. The van der Waals surface area contributed by atoms with Crippen LogP contribution in [0.4, 0.5) is 0 Å². The molecule has 4 nitrogen and oxygen atoms in total. The van der Waals surface area contributed by atoms with Gasteiger partial charge in [-0.3, -0.25) is 0 Å². The van der Waals surface area contributed by atoms with Crippen molar-refractivity contribution in [2.24, 2.45) is 0 Å². The smallest absolute Gasteiger partial charge is 0.0700 e. The van der Waals surface area contributed by atoms with E-state index in [9.17, 15) is 0 Å². The third kappa shape index (κ3) is 17.8. The molecule has 0 aliphatic rings. The monoisotopic (exact) mass is 275 g/mol. The molecule has 0 rings (SSSR count). The van der Waals surface area contributed by atoms with Crippen LogP contribution in [0.25, 0.3) is 0 Å². The number of rotatable bonds is 16. The summed E-state index contributed by atoms with van der Waals surface area (Å²) in [6.45, 7) is 4.72. The zero-order chi connectivity index (χ0) is 14.0. The van der Waals surface area contributed by atoms with E-state index in [2.05, 4.69) is 5.32 Å². The van der Waals surface area contributed by atoms with Crippen LogP contribution in [0.5, 0.6) is 0 Å². The lowest BCUT2D eigenvalue weighted by molar-refractivity contribution is 0.0695. The van der Waals surface area contributed by atoms with E-state index < -0.39 is 0 Å². The van der Waals surface area contributed by atoms with Crippen molar-refractivity contribution in [3.63, 3.8) is 0 Å². The molecule has 0 bridgehead atoms. The number of unbranched alkanes of at least 4 members (excludes halogenated alkanes) is 6. The molecule has 0 amide bonds. The van der Waals surface area contributed by atoms with Crippen molar-refractivity contribution in [1.29, 1.82) is 0 Å². The molecule has 0 aromatic rings. The Bertz CT molecular complexity index is 140. The molecule has 0 aliphatic heterocycles. The average molecular weight is 275 g/mol. The fourth-order valence-corrected chi connectivity index (χ4v) is 1.91. The number of nitrogens with one attached hydrogen (secondary N) is 1. The zero-order valence-corrected chi connectivity index (χ0v) is 12.7. The highest BCUT2D eigenvalue weighted by molar-refractivity contribution is 4.50. The fraction of sp³-hybridized carbons (Fsp3) is 1.00. The van der Waals surface area contributed by atoms with E-state index in [0.29, 0.717) is 19.8 Å². The molecule has 0 radical (unpaired) electrons. The van der Waals surface area contributed by atoms with Crippen LogP contribution in [0.3, 0.4) is 0 Å². The van der Waals surface area contributed by atoms with Crippen LogP contribution in [0.1, 0.15) is 51.4 Å². The van der Waals surface area contributed by atoms with E-state index in [4.69, 9.17) is 14.6 Å². The minimum atomic E-state index is 0.346. The van der Waals surface area contributed by atoms with Gasteiger partial charge in [0.05, 0.1) is 13.2 Å². The summed E-state index contributed by atoms with van der Waals surface area (Å²) in [7, 11) is 1.69. The molecule has 2 N–H and O–H groups in total. The van der Waals surface area contributed by atoms with Crippen LogP contribution in [0.2, 0.25) is 0 Å². The van der Waals surface area contributed by atoms with Gasteiger partial charge in [-0.2, -0.15) is 0 Å². The van der Waals surface area contributed by atoms with Gasteiger partial charge in [0.1, 0.15) is 0 Å². The second-order valence-electron chi connectivity index (χ2n) is 4.91. The molecule has 0 aliphatic carbocycles. The molecule has 0 aromatic heterocycles. The second-order valence-corrected chi connectivity index (χ2v) is 4.91. The van der Waals surface area contributed by atoms with E-state index in [-0.39, 0.29) is 0 Å².